The van der Waals surface area contributed by atoms with Crippen molar-refractivity contribution in [3.8, 4) is 0 Å². The van der Waals surface area contributed by atoms with Gasteiger partial charge in [-0.05, 0) is 50.8 Å². The molecular weight excluding hydrogens is 252 g/mol. The molecular formula is C15H26N4O. The minimum Gasteiger partial charge on any atom is -0.352 e. The standard InChI is InChI=1S/C15H26N4O/c1-12(14-5-3-6-16-10-14)9-15(20)18-13(2)11-19-8-4-7-17-19/h4,7-8,12-14,16H,3,5-6,9-11H2,1-2H3,(H,18,20). The first kappa shape index (κ1) is 15.0. The molecule has 1 aliphatic rings. The van der Waals surface area contributed by atoms with Crippen molar-refractivity contribution in [1.29, 1.82) is 0 Å². The number of carbonyl (C=O) groups is 1. The number of aromatic nitrogens is 2. The van der Waals surface area contributed by atoms with Gasteiger partial charge in [-0.1, -0.05) is 6.92 Å². The van der Waals surface area contributed by atoms with E-state index in [-0.39, 0.29) is 11.9 Å². The van der Waals surface area contributed by atoms with E-state index in [9.17, 15) is 4.79 Å². The van der Waals surface area contributed by atoms with Gasteiger partial charge in [0.2, 0.25) is 5.91 Å². The Hall–Kier alpha value is -1.36. The van der Waals surface area contributed by atoms with Crippen molar-refractivity contribution < 1.29 is 4.79 Å². The molecule has 1 aromatic heterocycles. The molecule has 2 N–H and O–H groups in total. The zero-order chi connectivity index (χ0) is 14.4. The van der Waals surface area contributed by atoms with Crippen molar-refractivity contribution in [2.45, 2.75) is 45.7 Å². The third kappa shape index (κ3) is 4.63. The van der Waals surface area contributed by atoms with Gasteiger partial charge in [-0.25, -0.2) is 0 Å². The summed E-state index contributed by atoms with van der Waals surface area (Å²) in [5.74, 6) is 1.23. The monoisotopic (exact) mass is 278 g/mol. The van der Waals surface area contributed by atoms with Crippen molar-refractivity contribution in [3.05, 3.63) is 18.5 Å². The predicted molar refractivity (Wildman–Crippen MR) is 79.2 cm³/mol. The molecule has 1 amide bonds. The minimum absolute atomic E-state index is 0.110. The normalized spacial score (nSPS) is 22.2. The zero-order valence-corrected chi connectivity index (χ0v) is 12.5. The summed E-state index contributed by atoms with van der Waals surface area (Å²) >= 11 is 0. The smallest absolute Gasteiger partial charge is 0.220 e. The Morgan fingerprint density at radius 3 is 3.05 bits per heavy atom. The van der Waals surface area contributed by atoms with E-state index in [2.05, 4.69) is 22.7 Å². The van der Waals surface area contributed by atoms with E-state index in [0.29, 0.717) is 18.3 Å². The van der Waals surface area contributed by atoms with Crippen LogP contribution in [0.4, 0.5) is 0 Å². The topological polar surface area (TPSA) is 59.0 Å². The number of amides is 1. The molecule has 0 saturated carbocycles. The van der Waals surface area contributed by atoms with Crippen LogP contribution in [0.5, 0.6) is 0 Å². The summed E-state index contributed by atoms with van der Waals surface area (Å²) in [7, 11) is 0. The Morgan fingerprint density at radius 1 is 1.55 bits per heavy atom. The summed E-state index contributed by atoms with van der Waals surface area (Å²) in [4.78, 5) is 12.1. The summed E-state index contributed by atoms with van der Waals surface area (Å²) < 4.78 is 1.85. The number of hydrogen-bond donors (Lipinski definition) is 2. The Labute approximate surface area is 121 Å². The maximum Gasteiger partial charge on any atom is 0.220 e. The molecule has 1 aliphatic heterocycles. The lowest BCUT2D eigenvalue weighted by molar-refractivity contribution is -0.123. The van der Waals surface area contributed by atoms with Crippen LogP contribution in [-0.2, 0) is 11.3 Å². The van der Waals surface area contributed by atoms with E-state index in [0.717, 1.165) is 19.6 Å². The molecule has 1 aromatic rings. The van der Waals surface area contributed by atoms with Gasteiger partial charge in [0.05, 0.1) is 6.54 Å². The maximum absolute atomic E-state index is 12.1. The fourth-order valence-electron chi connectivity index (χ4n) is 2.89. The van der Waals surface area contributed by atoms with Crippen LogP contribution in [0, 0.1) is 11.8 Å². The second-order valence-corrected chi connectivity index (χ2v) is 5.98. The molecule has 0 spiro atoms. The van der Waals surface area contributed by atoms with Crippen molar-refractivity contribution in [3.63, 3.8) is 0 Å². The number of rotatable bonds is 6. The van der Waals surface area contributed by atoms with Gasteiger partial charge in [-0.3, -0.25) is 9.48 Å². The molecule has 0 radical (unpaired) electrons. The molecule has 112 valence electrons. The highest BCUT2D eigenvalue weighted by Crippen LogP contribution is 2.22. The Kier molecular flexibility index (Phi) is 5.59. The molecule has 2 rings (SSSR count). The van der Waals surface area contributed by atoms with Crippen molar-refractivity contribution in [2.75, 3.05) is 13.1 Å². The second-order valence-electron chi connectivity index (χ2n) is 5.98. The molecule has 20 heavy (non-hydrogen) atoms. The number of hydrogen-bond acceptors (Lipinski definition) is 3. The molecule has 5 heteroatoms. The Bertz CT molecular complexity index is 398. The van der Waals surface area contributed by atoms with Crippen LogP contribution in [0.25, 0.3) is 0 Å². The first-order valence-corrected chi connectivity index (χ1v) is 7.62. The van der Waals surface area contributed by atoms with Crippen molar-refractivity contribution >= 4 is 5.91 Å². The summed E-state index contributed by atoms with van der Waals surface area (Å²) in [6.45, 7) is 7.10. The van der Waals surface area contributed by atoms with Crippen LogP contribution >= 0.6 is 0 Å². The molecule has 3 unspecified atom stereocenters. The maximum atomic E-state index is 12.1. The van der Waals surface area contributed by atoms with Crippen LogP contribution in [0.2, 0.25) is 0 Å². The van der Waals surface area contributed by atoms with Crippen LogP contribution in [0.1, 0.15) is 33.1 Å². The highest BCUT2D eigenvalue weighted by Gasteiger charge is 2.22. The fraction of sp³-hybridized carbons (Fsp3) is 0.733. The average molecular weight is 278 g/mol. The molecule has 0 bridgehead atoms. The number of nitrogens with one attached hydrogen (secondary N) is 2. The van der Waals surface area contributed by atoms with E-state index in [1.54, 1.807) is 6.20 Å². The molecule has 0 aliphatic carbocycles. The SMILES string of the molecule is CC(Cn1cccn1)NC(=O)CC(C)C1CCCNC1. The summed E-state index contributed by atoms with van der Waals surface area (Å²) in [5, 5.41) is 10.6. The average Bonchev–Trinajstić information content (AvgIpc) is 2.92. The minimum atomic E-state index is 0.110. The van der Waals surface area contributed by atoms with E-state index in [1.165, 1.54) is 12.8 Å². The molecule has 1 fully saturated rings. The van der Waals surface area contributed by atoms with Crippen molar-refractivity contribution in [2.24, 2.45) is 11.8 Å². The number of piperidine rings is 1. The van der Waals surface area contributed by atoms with Crippen LogP contribution in [-0.4, -0.2) is 34.8 Å². The van der Waals surface area contributed by atoms with Gasteiger partial charge >= 0.3 is 0 Å². The van der Waals surface area contributed by atoms with Crippen LogP contribution in [0.3, 0.4) is 0 Å². The summed E-state index contributed by atoms with van der Waals surface area (Å²) in [6.07, 6.45) is 6.76. The molecule has 5 nitrogen and oxygen atoms in total. The van der Waals surface area contributed by atoms with Gasteiger partial charge in [0.15, 0.2) is 0 Å². The fourth-order valence-corrected chi connectivity index (χ4v) is 2.89. The zero-order valence-electron chi connectivity index (χ0n) is 12.5. The first-order valence-electron chi connectivity index (χ1n) is 7.62. The van der Waals surface area contributed by atoms with Gasteiger partial charge in [0.25, 0.3) is 0 Å². The van der Waals surface area contributed by atoms with Gasteiger partial charge in [-0.15, -0.1) is 0 Å². The lowest BCUT2D eigenvalue weighted by Crippen LogP contribution is -2.39. The predicted octanol–water partition coefficient (Wildman–Crippen LogP) is 1.41. The lowest BCUT2D eigenvalue weighted by atomic mass is 9.85. The highest BCUT2D eigenvalue weighted by atomic mass is 16.1. The molecule has 0 aromatic carbocycles. The quantitative estimate of drug-likeness (QED) is 0.827. The summed E-state index contributed by atoms with van der Waals surface area (Å²) in [6, 6.07) is 2.01. The third-order valence-electron chi connectivity index (χ3n) is 4.07. The Balaban J connectivity index is 1.71. The third-order valence-corrected chi connectivity index (χ3v) is 4.07. The van der Waals surface area contributed by atoms with E-state index < -0.39 is 0 Å². The number of carbonyl (C=O) groups excluding carboxylic acids is 1. The van der Waals surface area contributed by atoms with E-state index in [4.69, 9.17) is 0 Å². The van der Waals surface area contributed by atoms with Gasteiger partial charge in [0, 0.05) is 24.9 Å². The lowest BCUT2D eigenvalue weighted by Gasteiger charge is -2.28. The molecule has 3 atom stereocenters. The van der Waals surface area contributed by atoms with Crippen LogP contribution in [0.15, 0.2) is 18.5 Å². The van der Waals surface area contributed by atoms with Gasteiger partial charge in [0.1, 0.15) is 0 Å². The van der Waals surface area contributed by atoms with Gasteiger partial charge < -0.3 is 10.6 Å². The van der Waals surface area contributed by atoms with E-state index in [1.807, 2.05) is 23.9 Å². The summed E-state index contributed by atoms with van der Waals surface area (Å²) in [5.41, 5.74) is 0. The Morgan fingerprint density at radius 2 is 2.40 bits per heavy atom. The first-order chi connectivity index (χ1) is 9.65. The number of nitrogens with zero attached hydrogens (tertiary/aromatic N) is 2. The largest absolute Gasteiger partial charge is 0.352 e. The van der Waals surface area contributed by atoms with Crippen LogP contribution < -0.4 is 10.6 Å². The van der Waals surface area contributed by atoms with E-state index >= 15 is 0 Å². The molecule has 1 saturated heterocycles. The second kappa shape index (κ2) is 7.43. The van der Waals surface area contributed by atoms with Crippen molar-refractivity contribution in [1.82, 2.24) is 20.4 Å². The highest BCUT2D eigenvalue weighted by molar-refractivity contribution is 5.76. The van der Waals surface area contributed by atoms with Gasteiger partial charge in [-0.2, -0.15) is 5.10 Å². The molecule has 2 heterocycles.